The molecule has 2 aliphatic rings. The number of aryl methyl sites for hydroxylation is 1. The number of hydrogen-bond acceptors (Lipinski definition) is 5. The number of nitriles is 1. The molecule has 4 nitrogen and oxygen atoms in total. The molecule has 0 amide bonds. The number of rotatable bonds is 2. The van der Waals surface area contributed by atoms with Crippen LogP contribution in [0.4, 0.5) is 0 Å². The van der Waals surface area contributed by atoms with Gasteiger partial charge in [-0.3, -0.25) is 4.79 Å². The minimum atomic E-state index is -0.409. The molecule has 1 aromatic heterocycles. The topological polar surface area (TPSA) is 76.1 Å². The highest BCUT2D eigenvalue weighted by molar-refractivity contribution is 7.10. The molecule has 1 aromatic carbocycles. The van der Waals surface area contributed by atoms with Gasteiger partial charge in [0, 0.05) is 23.3 Å². The minimum absolute atomic E-state index is 0.0400. The zero-order valence-corrected chi connectivity index (χ0v) is 15.2. The van der Waals surface area contributed by atoms with Crippen LogP contribution in [0.1, 0.15) is 40.7 Å². The molecule has 0 fully saturated rings. The molecule has 1 aliphatic heterocycles. The molecule has 0 spiro atoms. The zero-order valence-electron chi connectivity index (χ0n) is 14.4. The van der Waals surface area contributed by atoms with E-state index in [1.165, 1.54) is 0 Å². The lowest BCUT2D eigenvalue weighted by Crippen LogP contribution is -2.29. The first kappa shape index (κ1) is 16.6. The lowest BCUT2D eigenvalue weighted by atomic mass is 9.75. The summed E-state index contributed by atoms with van der Waals surface area (Å²) >= 11 is 1.55. The quantitative estimate of drug-likeness (QED) is 0.866. The predicted octanol–water partition coefficient (Wildman–Crippen LogP) is 4.27. The second kappa shape index (κ2) is 6.47. The molecule has 0 saturated heterocycles. The Bertz CT molecular complexity index is 979. The SMILES string of the molecule is Cc1ccsc1[C@H]1C(C#N)=C(N)OC2=C1C(=O)C[C@@H](c1ccccc1)C2. The Labute approximate surface area is 156 Å². The fourth-order valence-corrected chi connectivity index (χ4v) is 4.86. The molecule has 2 atom stereocenters. The number of carbonyl (C=O) groups excluding carboxylic acids is 1. The number of Topliss-reactive ketones (excluding diaryl/α,β-unsaturated/α-hetero) is 1. The van der Waals surface area contributed by atoms with Gasteiger partial charge < -0.3 is 10.5 Å². The van der Waals surface area contributed by atoms with E-state index < -0.39 is 5.92 Å². The summed E-state index contributed by atoms with van der Waals surface area (Å²) in [6.45, 7) is 1.99. The first-order chi connectivity index (χ1) is 12.6. The van der Waals surface area contributed by atoms with Gasteiger partial charge in [-0.2, -0.15) is 5.26 Å². The highest BCUT2D eigenvalue weighted by atomic mass is 32.1. The number of carbonyl (C=O) groups is 1. The van der Waals surface area contributed by atoms with E-state index in [1.54, 1.807) is 11.3 Å². The van der Waals surface area contributed by atoms with Crippen molar-refractivity contribution in [1.29, 1.82) is 5.26 Å². The first-order valence-electron chi connectivity index (χ1n) is 8.53. The van der Waals surface area contributed by atoms with Crippen molar-refractivity contribution < 1.29 is 9.53 Å². The van der Waals surface area contributed by atoms with Crippen LogP contribution in [0.3, 0.4) is 0 Å². The summed E-state index contributed by atoms with van der Waals surface area (Å²) in [5.41, 5.74) is 9.19. The van der Waals surface area contributed by atoms with Crippen LogP contribution >= 0.6 is 11.3 Å². The lowest BCUT2D eigenvalue weighted by molar-refractivity contribution is -0.117. The summed E-state index contributed by atoms with van der Waals surface area (Å²) in [6, 6.07) is 14.2. The average Bonchev–Trinajstić information content (AvgIpc) is 3.06. The summed E-state index contributed by atoms with van der Waals surface area (Å²) in [5, 5.41) is 11.6. The van der Waals surface area contributed by atoms with E-state index in [9.17, 15) is 10.1 Å². The first-order valence-corrected chi connectivity index (χ1v) is 9.41. The Morgan fingerprint density at radius 2 is 2.00 bits per heavy atom. The van der Waals surface area contributed by atoms with E-state index in [4.69, 9.17) is 10.5 Å². The number of nitrogens with two attached hydrogens (primary N) is 1. The molecule has 0 radical (unpaired) electrons. The van der Waals surface area contributed by atoms with Crippen molar-refractivity contribution in [3.05, 3.63) is 80.6 Å². The maximum Gasteiger partial charge on any atom is 0.205 e. The van der Waals surface area contributed by atoms with Gasteiger partial charge in [0.05, 0.1) is 5.92 Å². The molecular formula is C21H18N2O2S. The Kier molecular flexibility index (Phi) is 4.14. The van der Waals surface area contributed by atoms with Crippen molar-refractivity contribution in [2.24, 2.45) is 5.73 Å². The van der Waals surface area contributed by atoms with Crippen LogP contribution in [0.5, 0.6) is 0 Å². The molecule has 4 rings (SSSR count). The maximum absolute atomic E-state index is 13.1. The third-order valence-electron chi connectivity index (χ3n) is 5.10. The van der Waals surface area contributed by atoms with Gasteiger partial charge in [0.15, 0.2) is 5.78 Å². The van der Waals surface area contributed by atoms with E-state index in [1.807, 2.05) is 48.7 Å². The predicted molar refractivity (Wildman–Crippen MR) is 100 cm³/mol. The number of thiophene rings is 1. The molecule has 2 aromatic rings. The van der Waals surface area contributed by atoms with Crippen LogP contribution < -0.4 is 5.73 Å². The molecule has 130 valence electrons. The third-order valence-corrected chi connectivity index (χ3v) is 6.18. The summed E-state index contributed by atoms with van der Waals surface area (Å²) < 4.78 is 5.78. The number of allylic oxidation sites excluding steroid dienone is 3. The van der Waals surface area contributed by atoms with Crippen molar-refractivity contribution >= 4 is 17.1 Å². The second-order valence-corrected chi connectivity index (χ2v) is 7.62. The standard InChI is InChI=1S/C21H18N2O2S/c1-12-7-8-26-20(12)18-15(11-22)21(23)25-17-10-14(9-16(24)19(17)18)13-5-3-2-4-6-13/h2-8,14,18H,9-10,23H2,1H3/t14-,18+/m1/s1. The monoisotopic (exact) mass is 362 g/mol. The van der Waals surface area contributed by atoms with E-state index in [0.717, 1.165) is 16.0 Å². The van der Waals surface area contributed by atoms with Crippen LogP contribution in [-0.2, 0) is 9.53 Å². The number of ketones is 1. The highest BCUT2D eigenvalue weighted by Gasteiger charge is 2.41. The largest absolute Gasteiger partial charge is 0.444 e. The fraction of sp³-hybridized carbons (Fsp3) is 0.238. The Morgan fingerprint density at radius 1 is 1.23 bits per heavy atom. The van der Waals surface area contributed by atoms with Crippen LogP contribution in [0.15, 0.2) is 64.6 Å². The van der Waals surface area contributed by atoms with Crippen molar-refractivity contribution in [2.75, 3.05) is 0 Å². The van der Waals surface area contributed by atoms with Gasteiger partial charge in [-0.1, -0.05) is 30.3 Å². The van der Waals surface area contributed by atoms with Crippen LogP contribution in [0.2, 0.25) is 0 Å². The van der Waals surface area contributed by atoms with Crippen molar-refractivity contribution in [2.45, 2.75) is 31.6 Å². The molecule has 1 aliphatic carbocycles. The van der Waals surface area contributed by atoms with Crippen LogP contribution in [0, 0.1) is 18.3 Å². The molecule has 0 unspecified atom stereocenters. The van der Waals surface area contributed by atoms with Gasteiger partial charge in [-0.25, -0.2) is 0 Å². The maximum atomic E-state index is 13.1. The summed E-state index contributed by atoms with van der Waals surface area (Å²) in [5.74, 6) is 0.435. The smallest absolute Gasteiger partial charge is 0.205 e. The highest BCUT2D eigenvalue weighted by Crippen LogP contribution is 2.48. The Hall–Kier alpha value is -2.84. The molecule has 2 heterocycles. The second-order valence-electron chi connectivity index (χ2n) is 6.67. The Morgan fingerprint density at radius 3 is 2.65 bits per heavy atom. The van der Waals surface area contributed by atoms with Gasteiger partial charge in [0.1, 0.15) is 17.4 Å². The molecule has 0 saturated carbocycles. The average molecular weight is 362 g/mol. The third kappa shape index (κ3) is 2.63. The van der Waals surface area contributed by atoms with Crippen molar-refractivity contribution in [1.82, 2.24) is 0 Å². The van der Waals surface area contributed by atoms with Gasteiger partial charge in [0.2, 0.25) is 5.88 Å². The number of hydrogen-bond donors (Lipinski definition) is 1. The van der Waals surface area contributed by atoms with Gasteiger partial charge in [-0.05, 0) is 35.4 Å². The van der Waals surface area contributed by atoms with Gasteiger partial charge in [0.25, 0.3) is 0 Å². The lowest BCUT2D eigenvalue weighted by Gasteiger charge is -2.33. The fourth-order valence-electron chi connectivity index (χ4n) is 3.81. The Balaban J connectivity index is 1.80. The summed E-state index contributed by atoms with van der Waals surface area (Å²) in [6.07, 6.45) is 1.04. The van der Waals surface area contributed by atoms with Crippen LogP contribution in [-0.4, -0.2) is 5.78 Å². The molecule has 5 heteroatoms. The van der Waals surface area contributed by atoms with Gasteiger partial charge in [-0.15, -0.1) is 11.3 Å². The molecular weight excluding hydrogens is 344 g/mol. The number of ether oxygens (including phenoxy) is 1. The normalized spacial score (nSPS) is 22.7. The van der Waals surface area contributed by atoms with E-state index >= 15 is 0 Å². The van der Waals surface area contributed by atoms with Gasteiger partial charge >= 0.3 is 0 Å². The number of nitrogens with zero attached hydrogens (tertiary/aromatic N) is 1. The summed E-state index contributed by atoms with van der Waals surface area (Å²) in [4.78, 5) is 14.1. The zero-order chi connectivity index (χ0) is 18.3. The molecule has 2 N–H and O–H groups in total. The van der Waals surface area contributed by atoms with Crippen molar-refractivity contribution in [3.8, 4) is 6.07 Å². The van der Waals surface area contributed by atoms with E-state index in [2.05, 4.69) is 6.07 Å². The molecule has 26 heavy (non-hydrogen) atoms. The van der Waals surface area contributed by atoms with Crippen molar-refractivity contribution in [3.63, 3.8) is 0 Å². The minimum Gasteiger partial charge on any atom is -0.444 e. The van der Waals surface area contributed by atoms with E-state index in [0.29, 0.717) is 29.7 Å². The molecule has 0 bridgehead atoms. The summed E-state index contributed by atoms with van der Waals surface area (Å²) in [7, 11) is 0. The van der Waals surface area contributed by atoms with E-state index in [-0.39, 0.29) is 17.6 Å². The number of benzene rings is 1. The van der Waals surface area contributed by atoms with Crippen LogP contribution in [0.25, 0.3) is 0 Å².